The molecule has 0 fully saturated rings. The smallest absolute Gasteiger partial charge is 0.238 e. The van der Waals surface area contributed by atoms with E-state index in [4.69, 9.17) is 4.98 Å². The van der Waals surface area contributed by atoms with Gasteiger partial charge in [-0.3, -0.25) is 9.69 Å². The first-order valence-electron chi connectivity index (χ1n) is 9.79. The van der Waals surface area contributed by atoms with Crippen molar-refractivity contribution in [3.8, 4) is 11.3 Å². The van der Waals surface area contributed by atoms with E-state index in [2.05, 4.69) is 61.3 Å². The number of carbonyl (C=O) groups excluding carboxylic acids is 1. The second-order valence-electron chi connectivity index (χ2n) is 7.96. The van der Waals surface area contributed by atoms with Crippen LogP contribution >= 0.6 is 11.3 Å². The summed E-state index contributed by atoms with van der Waals surface area (Å²) in [6, 6.07) is 6.37. The minimum absolute atomic E-state index is 0.00568. The van der Waals surface area contributed by atoms with E-state index in [9.17, 15) is 4.79 Å². The van der Waals surface area contributed by atoms with Crippen LogP contribution in [0, 0.1) is 34.6 Å². The van der Waals surface area contributed by atoms with E-state index in [1.807, 2.05) is 25.8 Å². The lowest BCUT2D eigenvalue weighted by Crippen LogP contribution is -2.30. The predicted molar refractivity (Wildman–Crippen MR) is 122 cm³/mol. The van der Waals surface area contributed by atoms with Gasteiger partial charge in [0.05, 0.1) is 18.8 Å². The molecule has 0 aliphatic heterocycles. The maximum absolute atomic E-state index is 12.5. The van der Waals surface area contributed by atoms with Crippen LogP contribution in [0.2, 0.25) is 0 Å². The zero-order chi connectivity index (χ0) is 21.3. The first kappa shape index (κ1) is 21.3. The summed E-state index contributed by atoms with van der Waals surface area (Å²) in [6.07, 6.45) is 0. The van der Waals surface area contributed by atoms with Gasteiger partial charge in [-0.1, -0.05) is 17.7 Å². The third-order valence-corrected chi connectivity index (χ3v) is 6.20. The molecule has 5 nitrogen and oxygen atoms in total. The fourth-order valence-electron chi connectivity index (χ4n) is 3.71. The van der Waals surface area contributed by atoms with Crippen molar-refractivity contribution in [2.75, 3.05) is 18.9 Å². The highest BCUT2D eigenvalue weighted by atomic mass is 32.1. The number of likely N-dealkylation sites (N-methyl/N-ethyl adjacent to an activating group) is 1. The Bertz CT molecular complexity index is 1020. The van der Waals surface area contributed by atoms with E-state index in [0.29, 0.717) is 13.1 Å². The Balaban J connectivity index is 1.63. The summed E-state index contributed by atoms with van der Waals surface area (Å²) in [4.78, 5) is 19.3. The molecule has 0 saturated heterocycles. The summed E-state index contributed by atoms with van der Waals surface area (Å²) in [5.41, 5.74) is 8.94. The Morgan fingerprint density at radius 3 is 2.38 bits per heavy atom. The molecule has 154 valence electrons. The molecule has 6 heteroatoms. The SMILES string of the molecule is Cc1cc(C)c(NC(=O)CN(C)Cc2nc(-c3cc(C)n(C)c3C)cs2)c(C)c1. The second kappa shape index (κ2) is 8.51. The van der Waals surface area contributed by atoms with Crippen molar-refractivity contribution < 1.29 is 4.79 Å². The van der Waals surface area contributed by atoms with Gasteiger partial charge >= 0.3 is 0 Å². The van der Waals surface area contributed by atoms with Gasteiger partial charge in [0.2, 0.25) is 5.91 Å². The van der Waals surface area contributed by atoms with Gasteiger partial charge in [-0.15, -0.1) is 11.3 Å². The molecule has 0 saturated carbocycles. The third-order valence-electron chi connectivity index (χ3n) is 5.36. The van der Waals surface area contributed by atoms with E-state index < -0.39 is 0 Å². The number of hydrogen-bond donors (Lipinski definition) is 1. The van der Waals surface area contributed by atoms with Gasteiger partial charge in [0, 0.05) is 35.1 Å². The highest BCUT2D eigenvalue weighted by molar-refractivity contribution is 7.09. The number of anilines is 1. The van der Waals surface area contributed by atoms with Crippen LogP contribution in [0.3, 0.4) is 0 Å². The number of thiazole rings is 1. The lowest BCUT2D eigenvalue weighted by Gasteiger charge is -2.17. The molecular formula is C23H30N4OS. The minimum Gasteiger partial charge on any atom is -0.351 e. The van der Waals surface area contributed by atoms with Gasteiger partial charge < -0.3 is 9.88 Å². The number of aryl methyl sites for hydroxylation is 4. The highest BCUT2D eigenvalue weighted by Crippen LogP contribution is 2.28. The van der Waals surface area contributed by atoms with Gasteiger partial charge in [0.1, 0.15) is 5.01 Å². The standard InChI is InChI=1S/C23H30N4OS/c1-14-8-15(2)23(16(3)9-14)25-21(28)11-26(6)12-22-24-20(13-29-22)19-10-17(4)27(7)18(19)5/h8-10,13H,11-12H2,1-7H3,(H,25,28). The molecule has 29 heavy (non-hydrogen) atoms. The average Bonchev–Trinajstić information content (AvgIpc) is 3.18. The van der Waals surface area contributed by atoms with Crippen LogP contribution in [-0.4, -0.2) is 34.0 Å². The predicted octanol–water partition coefficient (Wildman–Crippen LogP) is 4.76. The summed E-state index contributed by atoms with van der Waals surface area (Å²) in [7, 11) is 4.03. The van der Waals surface area contributed by atoms with Crippen LogP contribution in [0.25, 0.3) is 11.3 Å². The molecule has 1 amide bonds. The summed E-state index contributed by atoms with van der Waals surface area (Å²) in [6.45, 7) is 11.3. The quantitative estimate of drug-likeness (QED) is 0.637. The zero-order valence-corrected chi connectivity index (χ0v) is 19.2. The fourth-order valence-corrected chi connectivity index (χ4v) is 4.58. The average molecular weight is 411 g/mol. The Morgan fingerprint density at radius 2 is 1.79 bits per heavy atom. The molecule has 1 N–H and O–H groups in total. The van der Waals surface area contributed by atoms with E-state index in [1.54, 1.807) is 11.3 Å². The molecule has 0 unspecified atom stereocenters. The zero-order valence-electron chi connectivity index (χ0n) is 18.4. The summed E-state index contributed by atoms with van der Waals surface area (Å²) < 4.78 is 2.18. The van der Waals surface area contributed by atoms with Gasteiger partial charge in [0.25, 0.3) is 0 Å². The number of carbonyl (C=O) groups is 1. The molecule has 0 radical (unpaired) electrons. The molecule has 3 aromatic rings. The van der Waals surface area contributed by atoms with Crippen LogP contribution in [0.4, 0.5) is 5.69 Å². The summed E-state index contributed by atoms with van der Waals surface area (Å²) in [5, 5.41) is 6.18. The highest BCUT2D eigenvalue weighted by Gasteiger charge is 2.15. The van der Waals surface area contributed by atoms with Crippen LogP contribution in [0.5, 0.6) is 0 Å². The number of rotatable bonds is 6. The lowest BCUT2D eigenvalue weighted by molar-refractivity contribution is -0.117. The first-order chi connectivity index (χ1) is 13.7. The van der Waals surface area contributed by atoms with Gasteiger partial charge in [0.15, 0.2) is 0 Å². The molecule has 1 aromatic carbocycles. The van der Waals surface area contributed by atoms with E-state index in [0.717, 1.165) is 27.5 Å². The lowest BCUT2D eigenvalue weighted by atomic mass is 10.1. The van der Waals surface area contributed by atoms with Gasteiger partial charge in [-0.05, 0) is 58.9 Å². The number of benzene rings is 1. The first-order valence-corrected chi connectivity index (χ1v) is 10.7. The number of nitrogens with one attached hydrogen (secondary N) is 1. The molecule has 2 aromatic heterocycles. The molecule has 2 heterocycles. The monoisotopic (exact) mass is 410 g/mol. The summed E-state index contributed by atoms with van der Waals surface area (Å²) in [5.74, 6) is -0.00568. The second-order valence-corrected chi connectivity index (χ2v) is 8.91. The largest absolute Gasteiger partial charge is 0.351 e. The van der Waals surface area contributed by atoms with Gasteiger partial charge in [-0.25, -0.2) is 4.98 Å². The van der Waals surface area contributed by atoms with Crippen molar-refractivity contribution in [1.82, 2.24) is 14.5 Å². The number of hydrogen-bond acceptors (Lipinski definition) is 4. The van der Waals surface area contributed by atoms with Crippen LogP contribution in [0.1, 0.15) is 33.1 Å². The molecule has 0 atom stereocenters. The van der Waals surface area contributed by atoms with Gasteiger partial charge in [-0.2, -0.15) is 0 Å². The van der Waals surface area contributed by atoms with Crippen molar-refractivity contribution in [3.05, 3.63) is 56.7 Å². The Labute approximate surface area is 177 Å². The Morgan fingerprint density at radius 1 is 1.14 bits per heavy atom. The topological polar surface area (TPSA) is 50.2 Å². The molecule has 0 aliphatic carbocycles. The third kappa shape index (κ3) is 4.77. The Kier molecular flexibility index (Phi) is 6.24. The van der Waals surface area contributed by atoms with Crippen molar-refractivity contribution in [2.45, 2.75) is 41.2 Å². The maximum Gasteiger partial charge on any atom is 0.238 e. The van der Waals surface area contributed by atoms with Crippen LogP contribution in [-0.2, 0) is 18.4 Å². The van der Waals surface area contributed by atoms with Crippen molar-refractivity contribution in [1.29, 1.82) is 0 Å². The van der Waals surface area contributed by atoms with Crippen molar-refractivity contribution in [2.24, 2.45) is 7.05 Å². The van der Waals surface area contributed by atoms with E-state index in [1.165, 1.54) is 22.5 Å². The number of nitrogens with zero attached hydrogens (tertiary/aromatic N) is 3. The number of aromatic nitrogens is 2. The molecule has 3 rings (SSSR count). The van der Waals surface area contributed by atoms with Crippen molar-refractivity contribution >= 4 is 22.9 Å². The molecular weight excluding hydrogens is 380 g/mol. The van der Waals surface area contributed by atoms with Crippen LogP contribution in [0.15, 0.2) is 23.6 Å². The normalized spacial score (nSPS) is 11.3. The summed E-state index contributed by atoms with van der Waals surface area (Å²) >= 11 is 1.64. The minimum atomic E-state index is -0.00568. The molecule has 0 aliphatic rings. The fraction of sp³-hybridized carbons (Fsp3) is 0.391. The molecule has 0 bridgehead atoms. The Hall–Kier alpha value is -2.44. The van der Waals surface area contributed by atoms with E-state index in [-0.39, 0.29) is 5.91 Å². The van der Waals surface area contributed by atoms with Crippen LogP contribution < -0.4 is 5.32 Å². The van der Waals surface area contributed by atoms with Crippen molar-refractivity contribution in [3.63, 3.8) is 0 Å². The number of amides is 1. The molecule has 0 spiro atoms. The maximum atomic E-state index is 12.5. The van der Waals surface area contributed by atoms with E-state index >= 15 is 0 Å².